The summed E-state index contributed by atoms with van der Waals surface area (Å²) in [7, 11) is 3.00. The molecule has 1 fully saturated rings. The first kappa shape index (κ1) is 13.5. The van der Waals surface area contributed by atoms with Crippen molar-refractivity contribution in [3.8, 4) is 0 Å². The van der Waals surface area contributed by atoms with Gasteiger partial charge in [-0.15, -0.1) is 0 Å². The maximum atomic E-state index is 12.0. The molecule has 3 rings (SSSR count). The number of nitrogens with one attached hydrogen (secondary N) is 1. The van der Waals surface area contributed by atoms with Gasteiger partial charge >= 0.3 is 5.69 Å². The topological polar surface area (TPSA) is 101 Å². The summed E-state index contributed by atoms with van der Waals surface area (Å²) in [4.78, 5) is 30.8. The molecule has 0 saturated carbocycles. The van der Waals surface area contributed by atoms with E-state index in [9.17, 15) is 9.59 Å². The van der Waals surface area contributed by atoms with Crippen molar-refractivity contribution in [2.24, 2.45) is 24.4 Å². The number of aromatic nitrogens is 4. The van der Waals surface area contributed by atoms with Crippen LogP contribution in [-0.4, -0.2) is 37.2 Å². The molecule has 0 atom stereocenters. The highest BCUT2D eigenvalue weighted by Crippen LogP contribution is 2.14. The Hall–Kier alpha value is -2.45. The first-order valence-electron chi connectivity index (χ1n) is 6.90. The van der Waals surface area contributed by atoms with Crippen molar-refractivity contribution in [1.29, 1.82) is 0 Å². The SMILES string of the molecule is Cn1c(=O)c2[nH]c(N=NN3CCCCC3)nc2n(C)c1=O. The summed E-state index contributed by atoms with van der Waals surface area (Å²) in [6.45, 7) is 1.76. The number of piperidine rings is 1. The van der Waals surface area contributed by atoms with E-state index in [-0.39, 0.29) is 17.1 Å². The third-order valence-corrected chi connectivity index (χ3v) is 3.68. The number of H-pyrrole nitrogens is 1. The molecule has 1 N–H and O–H groups in total. The van der Waals surface area contributed by atoms with Crippen LogP contribution in [-0.2, 0) is 14.1 Å². The van der Waals surface area contributed by atoms with Crippen LogP contribution in [0.1, 0.15) is 19.3 Å². The Morgan fingerprint density at radius 2 is 1.81 bits per heavy atom. The number of aromatic amines is 1. The smallest absolute Gasteiger partial charge is 0.315 e. The summed E-state index contributed by atoms with van der Waals surface area (Å²) >= 11 is 0. The quantitative estimate of drug-likeness (QED) is 0.811. The molecule has 0 aliphatic carbocycles. The van der Waals surface area contributed by atoms with Gasteiger partial charge < -0.3 is 4.98 Å². The summed E-state index contributed by atoms with van der Waals surface area (Å²) < 4.78 is 2.35. The lowest BCUT2D eigenvalue weighted by Crippen LogP contribution is -2.36. The van der Waals surface area contributed by atoms with Crippen molar-refractivity contribution in [2.45, 2.75) is 19.3 Å². The Balaban J connectivity index is 2.00. The second-order valence-corrected chi connectivity index (χ2v) is 5.17. The van der Waals surface area contributed by atoms with E-state index in [1.807, 2.05) is 5.01 Å². The molecule has 0 spiro atoms. The fourth-order valence-electron chi connectivity index (χ4n) is 2.43. The van der Waals surface area contributed by atoms with Gasteiger partial charge in [0.15, 0.2) is 11.2 Å². The molecular formula is C12H17N7O2. The zero-order valence-electron chi connectivity index (χ0n) is 12.0. The summed E-state index contributed by atoms with van der Waals surface area (Å²) in [6, 6.07) is 0. The molecule has 0 aromatic carbocycles. The number of aryl methyl sites for hydroxylation is 1. The van der Waals surface area contributed by atoms with Crippen LogP contribution in [0.25, 0.3) is 11.2 Å². The Labute approximate surface area is 119 Å². The van der Waals surface area contributed by atoms with Crippen molar-refractivity contribution in [1.82, 2.24) is 24.1 Å². The van der Waals surface area contributed by atoms with Gasteiger partial charge in [0.1, 0.15) is 0 Å². The van der Waals surface area contributed by atoms with Gasteiger partial charge in [0.05, 0.1) is 0 Å². The zero-order chi connectivity index (χ0) is 15.0. The fourth-order valence-corrected chi connectivity index (χ4v) is 2.43. The molecular weight excluding hydrogens is 274 g/mol. The van der Waals surface area contributed by atoms with Crippen LogP contribution in [0.3, 0.4) is 0 Å². The number of fused-ring (bicyclic) bond motifs is 1. The molecule has 3 heterocycles. The molecule has 21 heavy (non-hydrogen) atoms. The van der Waals surface area contributed by atoms with Gasteiger partial charge in [-0.25, -0.2) is 4.79 Å². The minimum atomic E-state index is -0.418. The second kappa shape index (κ2) is 5.15. The minimum absolute atomic E-state index is 0.230. The predicted octanol–water partition coefficient (Wildman–Crippen LogP) is 0.445. The molecule has 0 unspecified atom stereocenters. The summed E-state index contributed by atoms with van der Waals surface area (Å²) in [5.41, 5.74) is -0.290. The minimum Gasteiger partial charge on any atom is -0.315 e. The lowest BCUT2D eigenvalue weighted by Gasteiger charge is -2.21. The first-order chi connectivity index (χ1) is 10.1. The number of hydrogen-bond acceptors (Lipinski definition) is 5. The number of imidazole rings is 1. The molecule has 0 amide bonds. The summed E-state index contributed by atoms with van der Waals surface area (Å²) in [5.74, 6) is 0.230. The van der Waals surface area contributed by atoms with Crippen molar-refractivity contribution in [2.75, 3.05) is 13.1 Å². The van der Waals surface area contributed by atoms with Crippen LogP contribution in [0.15, 0.2) is 19.9 Å². The fraction of sp³-hybridized carbons (Fsp3) is 0.583. The molecule has 2 aromatic rings. The van der Waals surface area contributed by atoms with Crippen LogP contribution in [0.5, 0.6) is 0 Å². The second-order valence-electron chi connectivity index (χ2n) is 5.17. The Kier molecular flexibility index (Phi) is 3.32. The number of rotatable bonds is 2. The van der Waals surface area contributed by atoms with Crippen molar-refractivity contribution < 1.29 is 0 Å². The van der Waals surface area contributed by atoms with E-state index in [0.29, 0.717) is 0 Å². The maximum Gasteiger partial charge on any atom is 0.332 e. The van der Waals surface area contributed by atoms with Crippen molar-refractivity contribution in [3.63, 3.8) is 0 Å². The van der Waals surface area contributed by atoms with E-state index in [4.69, 9.17) is 0 Å². The standard InChI is InChI=1S/C12H17N7O2/c1-17-9-8(10(20)18(2)12(17)21)13-11(14-9)15-16-19-6-4-3-5-7-19/h3-7H2,1-2H3,(H,13,14). The number of hydrogen-bond donors (Lipinski definition) is 1. The van der Waals surface area contributed by atoms with Crippen LogP contribution >= 0.6 is 0 Å². The Morgan fingerprint density at radius 1 is 1.10 bits per heavy atom. The predicted molar refractivity (Wildman–Crippen MR) is 76.5 cm³/mol. The van der Waals surface area contributed by atoms with Crippen molar-refractivity contribution in [3.05, 3.63) is 20.8 Å². The molecule has 1 saturated heterocycles. The van der Waals surface area contributed by atoms with E-state index in [1.165, 1.54) is 18.0 Å². The Morgan fingerprint density at radius 3 is 2.52 bits per heavy atom. The van der Waals surface area contributed by atoms with E-state index in [0.717, 1.165) is 30.5 Å². The van der Waals surface area contributed by atoms with Crippen LogP contribution in [0.2, 0.25) is 0 Å². The summed E-state index contributed by atoms with van der Waals surface area (Å²) in [6.07, 6.45) is 3.43. The zero-order valence-corrected chi connectivity index (χ0v) is 12.0. The average Bonchev–Trinajstić information content (AvgIpc) is 2.94. The summed E-state index contributed by atoms with van der Waals surface area (Å²) in [5, 5.41) is 10.0. The molecule has 1 aliphatic heterocycles. The van der Waals surface area contributed by atoms with Gasteiger partial charge in [0, 0.05) is 27.2 Å². The third-order valence-electron chi connectivity index (χ3n) is 3.68. The number of nitrogens with zero attached hydrogens (tertiary/aromatic N) is 6. The lowest BCUT2D eigenvalue weighted by atomic mass is 10.2. The van der Waals surface area contributed by atoms with E-state index in [2.05, 4.69) is 20.3 Å². The highest BCUT2D eigenvalue weighted by atomic mass is 16.2. The van der Waals surface area contributed by atoms with Gasteiger partial charge in [-0.3, -0.25) is 18.9 Å². The van der Waals surface area contributed by atoms with Crippen LogP contribution < -0.4 is 11.2 Å². The highest BCUT2D eigenvalue weighted by molar-refractivity contribution is 5.71. The van der Waals surface area contributed by atoms with Gasteiger partial charge in [-0.2, -0.15) is 4.98 Å². The van der Waals surface area contributed by atoms with Gasteiger partial charge in [-0.1, -0.05) is 10.3 Å². The molecule has 0 radical (unpaired) electrons. The monoisotopic (exact) mass is 291 g/mol. The largest absolute Gasteiger partial charge is 0.332 e. The van der Waals surface area contributed by atoms with E-state index >= 15 is 0 Å². The van der Waals surface area contributed by atoms with Crippen LogP contribution in [0, 0.1) is 0 Å². The molecule has 9 heteroatoms. The molecule has 112 valence electrons. The molecule has 1 aliphatic rings. The van der Waals surface area contributed by atoms with E-state index < -0.39 is 11.2 Å². The molecule has 2 aromatic heterocycles. The third kappa shape index (κ3) is 2.34. The molecule has 0 bridgehead atoms. The van der Waals surface area contributed by atoms with Crippen molar-refractivity contribution >= 4 is 17.1 Å². The highest BCUT2D eigenvalue weighted by Gasteiger charge is 2.13. The normalized spacial score (nSPS) is 16.2. The lowest BCUT2D eigenvalue weighted by molar-refractivity contribution is 0.224. The Bertz CT molecular complexity index is 807. The first-order valence-corrected chi connectivity index (χ1v) is 6.90. The van der Waals surface area contributed by atoms with Gasteiger partial charge in [0.25, 0.3) is 11.5 Å². The van der Waals surface area contributed by atoms with Gasteiger partial charge in [-0.05, 0) is 19.3 Å². The van der Waals surface area contributed by atoms with Crippen LogP contribution in [0.4, 0.5) is 5.95 Å². The van der Waals surface area contributed by atoms with E-state index in [1.54, 1.807) is 7.05 Å². The molecule has 9 nitrogen and oxygen atoms in total. The maximum absolute atomic E-state index is 12.0. The average molecular weight is 291 g/mol. The van der Waals surface area contributed by atoms with Gasteiger partial charge in [0.2, 0.25) is 0 Å².